The smallest absolute Gasteiger partial charge is 0.0697 e. The van der Waals surface area contributed by atoms with Crippen LogP contribution in [0.2, 0.25) is 9.32 Å². The summed E-state index contributed by atoms with van der Waals surface area (Å²) in [5, 5.41) is 3.89. The maximum atomic E-state index is 2.59. The Balaban J connectivity index is 2.66. The van der Waals surface area contributed by atoms with E-state index in [2.05, 4.69) is 125 Å². The average Bonchev–Trinajstić information content (AvgIpc) is 2.35. The zero-order valence-corrected chi connectivity index (χ0v) is 27.0. The number of allylic oxidation sites excluding steroid dienone is 4. The fourth-order valence-electron chi connectivity index (χ4n) is 8.69. The molecule has 0 unspecified atom stereocenters. The molecule has 2 heteroatoms. The highest BCUT2D eigenvalue weighted by atomic mass is 28.4. The lowest BCUT2D eigenvalue weighted by atomic mass is 9.68. The van der Waals surface area contributed by atoms with Crippen LogP contribution in [0.15, 0.2) is 21.5 Å². The van der Waals surface area contributed by atoms with Crippen LogP contribution < -0.4 is 0 Å². The van der Waals surface area contributed by atoms with Crippen molar-refractivity contribution >= 4 is 17.6 Å². The van der Waals surface area contributed by atoms with Gasteiger partial charge in [0.25, 0.3) is 0 Å². The van der Waals surface area contributed by atoms with Gasteiger partial charge in [0, 0.05) is 0 Å². The Bertz CT molecular complexity index is 825. The maximum absolute atomic E-state index is 2.59. The Morgan fingerprint density at radius 2 is 0.688 bits per heavy atom. The van der Waals surface area contributed by atoms with E-state index in [0.717, 1.165) is 9.52 Å². The topological polar surface area (TPSA) is 0 Å². The highest BCUT2D eigenvalue weighted by Crippen LogP contribution is 2.97. The van der Waals surface area contributed by atoms with Crippen molar-refractivity contribution in [2.24, 2.45) is 32.5 Å². The van der Waals surface area contributed by atoms with Crippen LogP contribution in [0.3, 0.4) is 0 Å². The van der Waals surface area contributed by atoms with Crippen LogP contribution in [-0.2, 0) is 0 Å². The van der Waals surface area contributed by atoms with E-state index in [1.54, 1.807) is 0 Å². The van der Waals surface area contributed by atoms with Gasteiger partial charge in [0.05, 0.1) is 9.52 Å². The zero-order valence-electron chi connectivity index (χ0n) is 25.0. The highest BCUT2D eigenvalue weighted by molar-refractivity contribution is 7.22. The maximum Gasteiger partial charge on any atom is 0.124 e. The second-order valence-electron chi connectivity index (χ2n) is 17.4. The molecular weight excluding hydrogens is 417 g/mol. The molecule has 0 N–H and O–H groups in total. The van der Waals surface area contributed by atoms with Crippen LogP contribution in [0.4, 0.5) is 0 Å². The molecular formula is C30H54Si2. The van der Waals surface area contributed by atoms with E-state index in [4.69, 9.17) is 0 Å². The molecule has 0 aromatic rings. The minimum atomic E-state index is -1.97. The van der Waals surface area contributed by atoms with Gasteiger partial charge >= 0.3 is 0 Å². The normalized spacial score (nSPS) is 33.9. The predicted molar refractivity (Wildman–Crippen MR) is 148 cm³/mol. The molecule has 3 rings (SSSR count). The van der Waals surface area contributed by atoms with Crippen molar-refractivity contribution in [1.29, 1.82) is 0 Å². The summed E-state index contributed by atoms with van der Waals surface area (Å²) in [5.74, 6) is 0. The molecule has 0 aromatic carbocycles. The predicted octanol–water partition coefficient (Wildman–Crippen LogP) is 9.52. The molecule has 0 nitrogen and oxygen atoms in total. The monoisotopic (exact) mass is 470 g/mol. The summed E-state index contributed by atoms with van der Waals surface area (Å²) in [6.45, 7) is 45.8. The Morgan fingerprint density at radius 1 is 0.438 bits per heavy atom. The van der Waals surface area contributed by atoms with Crippen LogP contribution >= 0.6 is 0 Å². The molecule has 0 saturated carbocycles. The first-order chi connectivity index (χ1) is 13.7. The lowest BCUT2D eigenvalue weighted by Crippen LogP contribution is -2.94. The summed E-state index contributed by atoms with van der Waals surface area (Å²) >= 11 is 0. The van der Waals surface area contributed by atoms with Crippen molar-refractivity contribution in [3.8, 4) is 0 Å². The number of rotatable bonds is 0. The molecule has 32 heavy (non-hydrogen) atoms. The van der Waals surface area contributed by atoms with E-state index in [1.165, 1.54) is 0 Å². The number of hydrogen-bond acceptors (Lipinski definition) is 0. The highest BCUT2D eigenvalue weighted by Gasteiger charge is 2.95. The Morgan fingerprint density at radius 3 is 0.844 bits per heavy atom. The first kappa shape index (κ1) is 26.5. The van der Waals surface area contributed by atoms with Crippen LogP contribution in [0, 0.1) is 32.5 Å². The molecule has 2 atom stereocenters. The second kappa shape index (κ2) is 6.18. The van der Waals surface area contributed by atoms with E-state index in [9.17, 15) is 0 Å². The summed E-state index contributed by atoms with van der Waals surface area (Å²) < 4.78 is 0.816. The van der Waals surface area contributed by atoms with Crippen molar-refractivity contribution in [2.45, 2.75) is 134 Å². The lowest BCUT2D eigenvalue weighted by molar-refractivity contribution is 0.196. The summed E-state index contributed by atoms with van der Waals surface area (Å²) in [7, 11) is -0.951. The molecule has 1 spiro atoms. The van der Waals surface area contributed by atoms with Crippen LogP contribution in [0.25, 0.3) is 0 Å². The van der Waals surface area contributed by atoms with Crippen molar-refractivity contribution in [1.82, 2.24) is 0 Å². The molecule has 0 amide bonds. The summed E-state index contributed by atoms with van der Waals surface area (Å²) in [6.07, 6.45) is 0. The number of hydrogen-bond donors (Lipinski definition) is 0. The third-order valence-electron chi connectivity index (χ3n) is 8.75. The van der Waals surface area contributed by atoms with Crippen molar-refractivity contribution in [3.05, 3.63) is 21.5 Å². The SMILES string of the molecule is CC(C)(C)C1=C(C(C)(C)C)[Si]23C(C(C)(C)C)=C(C(C)(C)C)[C@]2(C(C)(C)C)[Si][C@@]13C(C)(C)C. The Kier molecular flexibility index (Phi) is 5.12. The van der Waals surface area contributed by atoms with Crippen LogP contribution in [-0.4, -0.2) is 17.6 Å². The molecule has 1 saturated heterocycles. The fourth-order valence-corrected chi connectivity index (χ4v) is 25.9. The van der Waals surface area contributed by atoms with Gasteiger partial charge in [-0.3, -0.25) is 0 Å². The molecule has 1 fully saturated rings. The van der Waals surface area contributed by atoms with Crippen molar-refractivity contribution in [2.75, 3.05) is 0 Å². The third-order valence-corrected chi connectivity index (χ3v) is 22.2. The first-order valence-electron chi connectivity index (χ1n) is 13.0. The van der Waals surface area contributed by atoms with Gasteiger partial charge in [-0.2, -0.15) is 0 Å². The molecule has 182 valence electrons. The van der Waals surface area contributed by atoms with Gasteiger partial charge in [-0.05, 0) is 41.8 Å². The lowest BCUT2D eigenvalue weighted by Gasteiger charge is -2.93. The molecule has 3 heterocycles. The quantitative estimate of drug-likeness (QED) is 0.309. The summed E-state index contributed by atoms with van der Waals surface area (Å²) in [6, 6.07) is 0. The minimum absolute atomic E-state index is 0.227. The standard InChI is InChI=1S/C30H54Si2/c1-23(2,3)19-21(25(7,8)9)32-22(26(10,11)12)20(24(4,5)6)30(32,28(16,17)18)31-29(19,32)27(13,14)15/h1-18H3/t29-,30-,32?/m0/s1. The fraction of sp³-hybridized carbons (Fsp3) is 0.867. The summed E-state index contributed by atoms with van der Waals surface area (Å²) in [4.78, 5) is 0. The van der Waals surface area contributed by atoms with E-state index in [0.29, 0.717) is 20.2 Å². The molecule has 0 aliphatic carbocycles. The van der Waals surface area contributed by atoms with Gasteiger partial charge in [-0.25, -0.2) is 0 Å². The Hall–Kier alpha value is -0.0862. The van der Waals surface area contributed by atoms with Gasteiger partial charge < -0.3 is 0 Å². The minimum Gasteiger partial charge on any atom is -0.0697 e. The van der Waals surface area contributed by atoms with Crippen molar-refractivity contribution in [3.63, 3.8) is 0 Å². The second-order valence-corrected chi connectivity index (χ2v) is 24.1. The third kappa shape index (κ3) is 2.61. The largest absolute Gasteiger partial charge is 0.124 e. The van der Waals surface area contributed by atoms with Gasteiger partial charge in [0.2, 0.25) is 0 Å². The van der Waals surface area contributed by atoms with Crippen LogP contribution in [0.1, 0.15) is 125 Å². The van der Waals surface area contributed by atoms with Gasteiger partial charge in [0.15, 0.2) is 0 Å². The Labute approximate surface area is 205 Å². The molecule has 0 bridgehead atoms. The molecule has 3 aliphatic rings. The van der Waals surface area contributed by atoms with Gasteiger partial charge in [-0.1, -0.05) is 146 Å². The van der Waals surface area contributed by atoms with E-state index >= 15 is 0 Å². The van der Waals surface area contributed by atoms with E-state index in [-0.39, 0.29) is 21.7 Å². The first-order valence-corrected chi connectivity index (χ1v) is 16.0. The molecule has 3 aliphatic heterocycles. The van der Waals surface area contributed by atoms with E-state index in [1.807, 2.05) is 21.5 Å². The summed E-state index contributed by atoms with van der Waals surface area (Å²) in [5.41, 5.74) is 5.23. The van der Waals surface area contributed by atoms with E-state index < -0.39 is 8.07 Å². The van der Waals surface area contributed by atoms with Gasteiger partial charge in [-0.15, -0.1) is 0 Å². The van der Waals surface area contributed by atoms with Crippen molar-refractivity contribution < 1.29 is 0 Å². The molecule has 2 radical (unpaired) electrons. The molecule has 0 aromatic heterocycles. The zero-order chi connectivity index (χ0) is 25.5. The average molecular weight is 471 g/mol. The van der Waals surface area contributed by atoms with Crippen LogP contribution in [0.5, 0.6) is 0 Å². The van der Waals surface area contributed by atoms with Gasteiger partial charge in [0.1, 0.15) is 8.07 Å².